The van der Waals surface area contributed by atoms with Crippen LogP contribution in [-0.2, 0) is 0 Å². The zero-order chi connectivity index (χ0) is 8.27. The van der Waals surface area contributed by atoms with Gasteiger partial charge in [0.2, 0.25) is 0 Å². The lowest BCUT2D eigenvalue weighted by Gasteiger charge is -2.00. The smallest absolute Gasteiger partial charge is 0.144 e. The second-order valence-corrected chi connectivity index (χ2v) is 2.49. The zero-order valence-corrected chi connectivity index (χ0v) is 6.61. The molecule has 1 aromatic heterocycles. The maximum atomic E-state index is 5.64. The van der Waals surface area contributed by atoms with E-state index in [0.717, 1.165) is 0 Å². The van der Waals surface area contributed by atoms with E-state index in [-0.39, 0.29) is 6.04 Å². The van der Waals surface area contributed by atoms with E-state index in [1.807, 2.05) is 0 Å². The molecule has 0 aromatic carbocycles. The van der Waals surface area contributed by atoms with Gasteiger partial charge in [0.1, 0.15) is 10.3 Å². The molecule has 1 rings (SSSR count). The summed E-state index contributed by atoms with van der Waals surface area (Å²) in [7, 11) is 0. The van der Waals surface area contributed by atoms with Crippen LogP contribution in [0, 0.1) is 17.0 Å². The lowest BCUT2D eigenvalue weighted by atomic mass is 10.2. The predicted octanol–water partition coefficient (Wildman–Crippen LogP) is 0.490. The number of rotatable bonds is 2. The Morgan fingerprint density at radius 2 is 2.55 bits per heavy atom. The van der Waals surface area contributed by atoms with Crippen LogP contribution in [0.2, 0.25) is 0 Å². The Balaban J connectivity index is 2.86. The highest BCUT2D eigenvalue weighted by Gasteiger charge is 2.08. The average Bonchev–Trinajstić information content (AvgIpc) is 2.36. The third-order valence-corrected chi connectivity index (χ3v) is 1.58. The molecular formula is C6H8N4S. The Morgan fingerprint density at radius 1 is 1.82 bits per heavy atom. The first kappa shape index (κ1) is 7.98. The van der Waals surface area contributed by atoms with E-state index >= 15 is 0 Å². The van der Waals surface area contributed by atoms with Gasteiger partial charge in [-0.2, -0.15) is 5.10 Å². The van der Waals surface area contributed by atoms with Crippen molar-refractivity contribution in [1.29, 1.82) is 0 Å². The van der Waals surface area contributed by atoms with Gasteiger partial charge in [-0.05, 0) is 0 Å². The molecule has 1 atom stereocenters. The summed E-state index contributed by atoms with van der Waals surface area (Å²) < 4.78 is 0.521. The van der Waals surface area contributed by atoms with Gasteiger partial charge in [-0.25, -0.2) is 5.21 Å². The van der Waals surface area contributed by atoms with Crippen molar-refractivity contribution in [3.63, 3.8) is 0 Å². The van der Waals surface area contributed by atoms with Crippen molar-refractivity contribution >= 4 is 12.2 Å². The number of aromatic nitrogens is 3. The molecule has 1 heterocycles. The van der Waals surface area contributed by atoms with Crippen LogP contribution in [0.5, 0.6) is 0 Å². The quantitative estimate of drug-likeness (QED) is 0.444. The van der Waals surface area contributed by atoms with Crippen molar-refractivity contribution in [1.82, 2.24) is 15.4 Å². The van der Waals surface area contributed by atoms with E-state index in [9.17, 15) is 0 Å². The van der Waals surface area contributed by atoms with Crippen LogP contribution in [0.4, 0.5) is 0 Å². The lowest BCUT2D eigenvalue weighted by molar-refractivity contribution is 0.717. The van der Waals surface area contributed by atoms with Gasteiger partial charge in [-0.3, -0.25) is 5.10 Å². The Bertz CT molecular complexity index is 318. The molecule has 0 aliphatic rings. The molecule has 0 amide bonds. The maximum absolute atomic E-state index is 5.64. The van der Waals surface area contributed by atoms with Gasteiger partial charge in [0.25, 0.3) is 0 Å². The monoisotopic (exact) mass is 168 g/mol. The van der Waals surface area contributed by atoms with Gasteiger partial charge in [-0.15, -0.1) is 12.3 Å². The summed E-state index contributed by atoms with van der Waals surface area (Å²) in [6, 6.07) is -0.269. The number of nitrogens with zero attached hydrogens (tertiary/aromatic N) is 1. The lowest BCUT2D eigenvalue weighted by Crippen LogP contribution is -2.10. The van der Waals surface area contributed by atoms with Crippen LogP contribution in [0.3, 0.4) is 0 Å². The molecule has 4 nitrogen and oxygen atoms in total. The summed E-state index contributed by atoms with van der Waals surface area (Å²) in [5.41, 5.74) is 6.26. The molecule has 0 saturated carbocycles. The summed E-state index contributed by atoms with van der Waals surface area (Å²) in [6.07, 6.45) is 5.52. The summed E-state index contributed by atoms with van der Waals surface area (Å²) >= 11 is 4.88. The first-order valence-electron chi connectivity index (χ1n) is 3.07. The van der Waals surface area contributed by atoms with Crippen molar-refractivity contribution < 1.29 is 0 Å². The molecule has 0 fully saturated rings. The summed E-state index contributed by atoms with van der Waals surface area (Å²) in [5, 5.41) is 8.98. The number of terminal acetylenes is 1. The minimum atomic E-state index is -0.269. The Morgan fingerprint density at radius 3 is 3.00 bits per heavy atom. The van der Waals surface area contributed by atoms with Crippen LogP contribution in [0.1, 0.15) is 18.2 Å². The molecule has 11 heavy (non-hydrogen) atoms. The number of nitrogens with one attached hydrogen (secondary N) is 2. The Kier molecular flexibility index (Phi) is 2.41. The minimum Gasteiger partial charge on any atom is -0.322 e. The highest BCUT2D eigenvalue weighted by molar-refractivity contribution is 7.71. The Labute approximate surface area is 69.2 Å². The summed E-state index contributed by atoms with van der Waals surface area (Å²) in [5.74, 6) is 2.44. The van der Waals surface area contributed by atoms with Crippen molar-refractivity contribution in [2.45, 2.75) is 12.5 Å². The molecule has 0 aliphatic heterocycles. The second kappa shape index (κ2) is 3.32. The normalized spacial score (nSPS) is 12.4. The highest BCUT2D eigenvalue weighted by atomic mass is 32.1. The van der Waals surface area contributed by atoms with Gasteiger partial charge in [0, 0.05) is 6.42 Å². The average molecular weight is 168 g/mol. The molecule has 5 heteroatoms. The van der Waals surface area contributed by atoms with Crippen molar-refractivity contribution in [2.24, 2.45) is 5.73 Å². The molecule has 0 aliphatic carbocycles. The topological polar surface area (TPSA) is 70.5 Å². The van der Waals surface area contributed by atoms with Crippen molar-refractivity contribution in [3.8, 4) is 12.3 Å². The van der Waals surface area contributed by atoms with Crippen LogP contribution < -0.4 is 5.73 Å². The first-order valence-corrected chi connectivity index (χ1v) is 3.48. The van der Waals surface area contributed by atoms with Crippen LogP contribution in [0.25, 0.3) is 0 Å². The standard InChI is InChI=1S/C6H8N4S/c1-2-3-4(7)5-6(11)9-10-8-5/h1,4H,3,7H2,(H2,8,9,10,11)/t4-/m0/s1. The molecule has 0 bridgehead atoms. The van der Waals surface area contributed by atoms with E-state index in [2.05, 4.69) is 21.3 Å². The SMILES string of the molecule is C#CC[C@H](N)c1n[nH][nH]c1=S. The first-order chi connectivity index (χ1) is 5.25. The molecule has 0 unspecified atom stereocenters. The fourth-order valence-electron chi connectivity index (χ4n) is 0.729. The molecular weight excluding hydrogens is 160 g/mol. The fraction of sp³-hybridized carbons (Fsp3) is 0.333. The van der Waals surface area contributed by atoms with Crippen LogP contribution >= 0.6 is 12.2 Å². The second-order valence-electron chi connectivity index (χ2n) is 2.08. The summed E-state index contributed by atoms with van der Waals surface area (Å²) in [6.45, 7) is 0. The highest BCUT2D eigenvalue weighted by Crippen LogP contribution is 2.09. The number of hydrogen-bond donors (Lipinski definition) is 3. The van der Waals surface area contributed by atoms with Crippen molar-refractivity contribution in [2.75, 3.05) is 0 Å². The summed E-state index contributed by atoms with van der Waals surface area (Å²) in [4.78, 5) is 0. The molecule has 0 spiro atoms. The van der Waals surface area contributed by atoms with E-state index in [1.165, 1.54) is 0 Å². The third kappa shape index (κ3) is 1.67. The molecule has 0 radical (unpaired) electrons. The minimum absolute atomic E-state index is 0.269. The van der Waals surface area contributed by atoms with Gasteiger partial charge in [0.05, 0.1) is 6.04 Å². The molecule has 0 saturated heterocycles. The molecule has 58 valence electrons. The maximum Gasteiger partial charge on any atom is 0.144 e. The van der Waals surface area contributed by atoms with E-state index in [1.54, 1.807) is 0 Å². The van der Waals surface area contributed by atoms with E-state index in [0.29, 0.717) is 16.8 Å². The number of H-pyrrole nitrogens is 2. The molecule has 4 N–H and O–H groups in total. The van der Waals surface area contributed by atoms with Crippen LogP contribution in [-0.4, -0.2) is 15.4 Å². The number of nitrogens with two attached hydrogens (primary N) is 1. The molecule has 1 aromatic rings. The van der Waals surface area contributed by atoms with Gasteiger partial charge >= 0.3 is 0 Å². The fourth-order valence-corrected chi connectivity index (χ4v) is 0.971. The van der Waals surface area contributed by atoms with Crippen LogP contribution in [0.15, 0.2) is 0 Å². The van der Waals surface area contributed by atoms with Gasteiger partial charge in [-0.1, -0.05) is 12.2 Å². The largest absolute Gasteiger partial charge is 0.322 e. The predicted molar refractivity (Wildman–Crippen MR) is 44.2 cm³/mol. The Hall–Kier alpha value is -1.12. The third-order valence-electron chi connectivity index (χ3n) is 1.27. The van der Waals surface area contributed by atoms with Crippen molar-refractivity contribution in [3.05, 3.63) is 10.3 Å². The zero-order valence-electron chi connectivity index (χ0n) is 5.79. The van der Waals surface area contributed by atoms with Gasteiger partial charge < -0.3 is 5.73 Å². The van der Waals surface area contributed by atoms with E-state index in [4.69, 9.17) is 24.4 Å². The number of aromatic amines is 2. The van der Waals surface area contributed by atoms with Gasteiger partial charge in [0.15, 0.2) is 0 Å². The van der Waals surface area contributed by atoms with E-state index < -0.39 is 0 Å². The number of hydrogen-bond acceptors (Lipinski definition) is 3.